The quantitative estimate of drug-likeness (QED) is 0.428. The van der Waals surface area contributed by atoms with E-state index in [-0.39, 0.29) is 30.4 Å². The van der Waals surface area contributed by atoms with E-state index in [9.17, 15) is 8.78 Å². The number of para-hydroxylation sites is 1. The Morgan fingerprint density at radius 1 is 0.971 bits per heavy atom. The lowest BCUT2D eigenvalue weighted by Crippen LogP contribution is -2.51. The molecule has 2 aromatic rings. The molecule has 0 radical (unpaired) electrons. The molecule has 1 saturated carbocycles. The SMILES string of the molecule is C.C=S(N1CCN(C2CCC2)CC1)N(Cc1ccc(C2=NN=C(C(F)F)C2)cc1)c1ccccc1. The zero-order chi connectivity index (χ0) is 23.5. The molecule has 188 valence electrons. The Morgan fingerprint density at radius 3 is 2.23 bits per heavy atom. The highest BCUT2D eigenvalue weighted by Crippen LogP contribution is 2.34. The molecule has 2 heterocycles. The molecule has 1 aliphatic carbocycles. The third kappa shape index (κ3) is 5.88. The summed E-state index contributed by atoms with van der Waals surface area (Å²) in [5.41, 5.74) is 3.59. The van der Waals surface area contributed by atoms with Crippen molar-refractivity contribution in [3.05, 3.63) is 65.7 Å². The van der Waals surface area contributed by atoms with Gasteiger partial charge in [0.25, 0.3) is 6.43 Å². The van der Waals surface area contributed by atoms with Gasteiger partial charge in [0.05, 0.1) is 12.3 Å². The summed E-state index contributed by atoms with van der Waals surface area (Å²) >= 11 is 0. The van der Waals surface area contributed by atoms with Crippen molar-refractivity contribution in [2.24, 2.45) is 10.2 Å². The van der Waals surface area contributed by atoms with Crippen LogP contribution in [0.15, 0.2) is 64.8 Å². The first-order chi connectivity index (χ1) is 16.6. The number of halogens is 2. The van der Waals surface area contributed by atoms with Gasteiger partial charge in [0.2, 0.25) is 0 Å². The normalized spacial score (nSPS) is 20.1. The zero-order valence-corrected chi connectivity index (χ0v) is 20.1. The number of rotatable bonds is 8. The Hall–Kier alpha value is -2.42. The van der Waals surface area contributed by atoms with Crippen molar-refractivity contribution in [1.82, 2.24) is 9.21 Å². The van der Waals surface area contributed by atoms with Crippen molar-refractivity contribution < 1.29 is 8.78 Å². The number of nitrogens with zero attached hydrogens (tertiary/aromatic N) is 5. The summed E-state index contributed by atoms with van der Waals surface area (Å²) in [7, 11) is -0.311. The van der Waals surface area contributed by atoms with E-state index in [4.69, 9.17) is 0 Å². The Kier molecular flexibility index (Phi) is 8.46. The Morgan fingerprint density at radius 2 is 1.66 bits per heavy atom. The molecule has 2 fully saturated rings. The van der Waals surface area contributed by atoms with Crippen LogP contribution >= 0.6 is 10.9 Å². The van der Waals surface area contributed by atoms with Crippen molar-refractivity contribution in [3.63, 3.8) is 0 Å². The van der Waals surface area contributed by atoms with Crippen molar-refractivity contribution in [2.75, 3.05) is 30.5 Å². The fraction of sp³-hybridized carbons (Fsp3) is 0.444. The second kappa shape index (κ2) is 11.5. The van der Waals surface area contributed by atoms with Crippen LogP contribution in [0.5, 0.6) is 0 Å². The Bertz CT molecular complexity index is 1060. The van der Waals surface area contributed by atoms with Gasteiger partial charge in [0.1, 0.15) is 5.71 Å². The highest BCUT2D eigenvalue weighted by atomic mass is 32.2. The number of hydrogen-bond donors (Lipinski definition) is 0. The average molecular weight is 500 g/mol. The van der Waals surface area contributed by atoms with Gasteiger partial charge in [-0.05, 0) is 52.8 Å². The standard InChI is InChI=1S/C26H31F2N5S.CH4/c1-34(32-16-14-31(15-17-32)22-8-5-9-22)33(23-6-3-2-4-7-23)19-20-10-12-21(13-11-20)24-18-25(26(27)28)30-29-24;/h2-4,6-7,10-13,22,26H,1,5,8-9,14-19H2;1H4. The van der Waals surface area contributed by atoms with Crippen molar-refractivity contribution in [3.8, 4) is 0 Å². The van der Waals surface area contributed by atoms with Crippen LogP contribution in [0.1, 0.15) is 44.2 Å². The van der Waals surface area contributed by atoms with Crippen LogP contribution in [0.4, 0.5) is 14.5 Å². The molecule has 0 amide bonds. The molecule has 1 atom stereocenters. The van der Waals surface area contributed by atoms with E-state index < -0.39 is 6.43 Å². The van der Waals surface area contributed by atoms with Crippen LogP contribution in [0.25, 0.3) is 0 Å². The van der Waals surface area contributed by atoms with Crippen LogP contribution in [0, 0.1) is 0 Å². The maximum absolute atomic E-state index is 12.9. The maximum atomic E-state index is 12.9. The van der Waals surface area contributed by atoms with Gasteiger partial charge in [-0.2, -0.15) is 10.2 Å². The monoisotopic (exact) mass is 499 g/mol. The summed E-state index contributed by atoms with van der Waals surface area (Å²) in [6.07, 6.45) is 1.64. The third-order valence-electron chi connectivity index (χ3n) is 6.97. The number of alkyl halides is 2. The van der Waals surface area contributed by atoms with Gasteiger partial charge in [-0.3, -0.25) is 4.90 Å². The van der Waals surface area contributed by atoms with E-state index in [0.29, 0.717) is 5.71 Å². The van der Waals surface area contributed by atoms with Crippen LogP contribution in [0.3, 0.4) is 0 Å². The lowest BCUT2D eigenvalue weighted by atomic mass is 9.91. The first-order valence-electron chi connectivity index (χ1n) is 11.9. The smallest absolute Gasteiger partial charge is 0.278 e. The minimum Gasteiger partial charge on any atom is -0.306 e. The van der Waals surface area contributed by atoms with Crippen LogP contribution in [-0.4, -0.2) is 65.1 Å². The molecule has 35 heavy (non-hydrogen) atoms. The highest BCUT2D eigenvalue weighted by molar-refractivity contribution is 8.13. The highest BCUT2D eigenvalue weighted by Gasteiger charge is 2.29. The summed E-state index contributed by atoms with van der Waals surface area (Å²) in [6.45, 7) is 5.04. The molecule has 0 bridgehead atoms. The van der Waals surface area contributed by atoms with Gasteiger partial charge < -0.3 is 4.31 Å². The maximum Gasteiger partial charge on any atom is 0.278 e. The molecule has 8 heteroatoms. The van der Waals surface area contributed by atoms with Gasteiger partial charge in [0.15, 0.2) is 0 Å². The van der Waals surface area contributed by atoms with E-state index in [0.717, 1.165) is 55.6 Å². The molecule has 1 saturated heterocycles. The van der Waals surface area contributed by atoms with Crippen LogP contribution in [0.2, 0.25) is 0 Å². The van der Waals surface area contributed by atoms with E-state index in [1.54, 1.807) is 0 Å². The lowest BCUT2D eigenvalue weighted by molar-refractivity contribution is 0.0917. The summed E-state index contributed by atoms with van der Waals surface area (Å²) in [5.74, 6) is 4.60. The molecule has 2 aromatic carbocycles. The van der Waals surface area contributed by atoms with E-state index in [2.05, 4.69) is 66.0 Å². The average Bonchev–Trinajstić information content (AvgIpc) is 3.33. The summed E-state index contributed by atoms with van der Waals surface area (Å²) in [5, 5.41) is 7.59. The van der Waals surface area contributed by atoms with Crippen LogP contribution < -0.4 is 4.31 Å². The third-order valence-corrected chi connectivity index (χ3v) is 8.78. The first-order valence-corrected chi connectivity index (χ1v) is 13.3. The largest absolute Gasteiger partial charge is 0.306 e. The summed E-state index contributed by atoms with van der Waals surface area (Å²) < 4.78 is 30.7. The minimum atomic E-state index is -2.55. The molecule has 2 aliphatic heterocycles. The Balaban J connectivity index is 0.00000289. The molecule has 3 aliphatic rings. The second-order valence-corrected chi connectivity index (χ2v) is 10.7. The minimum absolute atomic E-state index is 0. The van der Waals surface area contributed by atoms with Crippen molar-refractivity contribution >= 4 is 33.8 Å². The van der Waals surface area contributed by atoms with Crippen molar-refractivity contribution in [1.29, 1.82) is 0 Å². The summed E-state index contributed by atoms with van der Waals surface area (Å²) in [4.78, 5) is 2.65. The first kappa shape index (κ1) is 25.7. The fourth-order valence-electron chi connectivity index (χ4n) is 4.67. The molecule has 1 unspecified atom stereocenters. The van der Waals surface area contributed by atoms with Crippen LogP contribution in [-0.2, 0) is 6.54 Å². The number of piperazine rings is 1. The fourth-order valence-corrected chi connectivity index (χ4v) is 6.19. The molecule has 0 aromatic heterocycles. The predicted octanol–water partition coefficient (Wildman–Crippen LogP) is 5.84. The van der Waals surface area contributed by atoms with Gasteiger partial charge in [-0.15, -0.1) is 0 Å². The molecule has 0 spiro atoms. The number of hydrogen-bond acceptors (Lipinski definition) is 5. The van der Waals surface area contributed by atoms with Gasteiger partial charge >= 0.3 is 0 Å². The molecule has 5 rings (SSSR count). The van der Waals surface area contributed by atoms with E-state index in [1.807, 2.05) is 18.2 Å². The molecule has 5 nitrogen and oxygen atoms in total. The van der Waals surface area contributed by atoms with Crippen molar-refractivity contribution in [2.45, 2.75) is 52.1 Å². The van der Waals surface area contributed by atoms with E-state index in [1.165, 1.54) is 19.3 Å². The predicted molar refractivity (Wildman–Crippen MR) is 146 cm³/mol. The zero-order valence-electron chi connectivity index (χ0n) is 19.3. The number of anilines is 1. The Labute approximate surface area is 210 Å². The second-order valence-electron chi connectivity index (χ2n) is 9.07. The van der Waals surface area contributed by atoms with Gasteiger partial charge in [-0.25, -0.2) is 13.1 Å². The lowest BCUT2D eigenvalue weighted by Gasteiger charge is -2.45. The number of benzene rings is 2. The molecular formula is C27H35F2N5S. The summed E-state index contributed by atoms with van der Waals surface area (Å²) in [6, 6.07) is 19.3. The van der Waals surface area contributed by atoms with E-state index >= 15 is 0 Å². The van der Waals surface area contributed by atoms with Gasteiger partial charge in [-0.1, -0.05) is 56.3 Å². The molecule has 0 N–H and O–H groups in total. The molecular weight excluding hydrogens is 464 g/mol. The topological polar surface area (TPSA) is 34.4 Å². The van der Waals surface area contributed by atoms with Gasteiger partial charge in [0, 0.05) is 44.3 Å².